The maximum Gasteiger partial charge on any atom is 0.285 e. The molecule has 1 aromatic rings. The summed E-state index contributed by atoms with van der Waals surface area (Å²) >= 11 is 0. The lowest BCUT2D eigenvalue weighted by atomic mass is 10.1. The molecule has 1 aromatic carbocycles. The smallest absolute Gasteiger partial charge is 0.285 e. The lowest BCUT2D eigenvalue weighted by molar-refractivity contribution is -0.385. The average molecular weight is 279 g/mol. The van der Waals surface area contributed by atoms with Crippen LogP contribution in [-0.4, -0.2) is 28.3 Å². The molecule has 2 unspecified atom stereocenters. The molecule has 1 saturated heterocycles. The van der Waals surface area contributed by atoms with Crippen molar-refractivity contribution >= 4 is 17.3 Å². The van der Waals surface area contributed by atoms with Crippen molar-refractivity contribution in [1.29, 1.82) is 0 Å². The number of carbonyl (C=O) groups excluding carboxylic acids is 1. The summed E-state index contributed by atoms with van der Waals surface area (Å²) in [5.74, 6) is -0.812. The minimum Gasteiger partial charge on any atom is -0.396 e. The molecule has 1 saturated carbocycles. The van der Waals surface area contributed by atoms with Gasteiger partial charge in [-0.2, -0.15) is 0 Å². The maximum atomic E-state index is 13.4. The van der Waals surface area contributed by atoms with Crippen molar-refractivity contribution in [3.63, 3.8) is 0 Å². The lowest BCUT2D eigenvalue weighted by Gasteiger charge is -2.27. The number of rotatable bonds is 2. The first-order valence-corrected chi connectivity index (χ1v) is 6.51. The van der Waals surface area contributed by atoms with Crippen molar-refractivity contribution in [3.8, 4) is 0 Å². The first kappa shape index (κ1) is 12.8. The van der Waals surface area contributed by atoms with E-state index in [1.54, 1.807) is 4.90 Å². The number of piperidine rings is 1. The Bertz CT molecular complexity index is 605. The normalized spacial score (nSPS) is 24.1. The summed E-state index contributed by atoms with van der Waals surface area (Å²) in [4.78, 5) is 24.4. The molecule has 0 aromatic heterocycles. The van der Waals surface area contributed by atoms with Gasteiger partial charge in [0.05, 0.1) is 16.7 Å². The zero-order valence-corrected chi connectivity index (χ0v) is 10.7. The van der Waals surface area contributed by atoms with E-state index in [0.717, 1.165) is 31.4 Å². The highest BCUT2D eigenvalue weighted by Gasteiger charge is 2.42. The number of likely N-dealkylation sites (tertiary alicyclic amines) is 1. The van der Waals surface area contributed by atoms with Crippen LogP contribution >= 0.6 is 0 Å². The van der Waals surface area contributed by atoms with Gasteiger partial charge in [0.1, 0.15) is 5.56 Å². The molecule has 20 heavy (non-hydrogen) atoms. The van der Waals surface area contributed by atoms with Crippen LogP contribution in [0.1, 0.15) is 29.6 Å². The minimum atomic E-state index is -0.879. The molecule has 0 spiro atoms. The Labute approximate surface area is 114 Å². The molecule has 2 fully saturated rings. The van der Waals surface area contributed by atoms with Crippen LogP contribution < -0.4 is 5.73 Å². The quantitative estimate of drug-likeness (QED) is 0.509. The summed E-state index contributed by atoms with van der Waals surface area (Å²) in [7, 11) is 0. The maximum absolute atomic E-state index is 13.4. The highest BCUT2D eigenvalue weighted by molar-refractivity contribution is 5.99. The van der Waals surface area contributed by atoms with Gasteiger partial charge in [0.2, 0.25) is 0 Å². The zero-order chi connectivity index (χ0) is 14.4. The standard InChI is InChI=1S/C13H14FN3O3/c14-10-5-12(17(19)20)9(4-11(10)15)13(18)16-6-7-1-2-8(16)3-7/h4-5,7-8H,1-3,6,15H2. The molecule has 106 valence electrons. The van der Waals surface area contributed by atoms with Gasteiger partial charge in [-0.3, -0.25) is 14.9 Å². The molecular formula is C13H14FN3O3. The highest BCUT2D eigenvalue weighted by Crippen LogP contribution is 2.39. The van der Waals surface area contributed by atoms with Gasteiger partial charge in [0, 0.05) is 12.6 Å². The number of nitrogen functional groups attached to an aromatic ring is 1. The van der Waals surface area contributed by atoms with Crippen molar-refractivity contribution < 1.29 is 14.1 Å². The Morgan fingerprint density at radius 1 is 1.45 bits per heavy atom. The van der Waals surface area contributed by atoms with Crippen LogP contribution in [0.5, 0.6) is 0 Å². The Morgan fingerprint density at radius 3 is 2.75 bits per heavy atom. The molecule has 1 aliphatic heterocycles. The van der Waals surface area contributed by atoms with Crippen molar-refractivity contribution in [2.24, 2.45) is 5.92 Å². The molecule has 2 atom stereocenters. The molecule has 2 aliphatic rings. The van der Waals surface area contributed by atoms with Crippen LogP contribution in [0.25, 0.3) is 0 Å². The highest BCUT2D eigenvalue weighted by atomic mass is 19.1. The summed E-state index contributed by atoms with van der Waals surface area (Å²) in [5.41, 5.74) is 4.54. The molecule has 1 heterocycles. The number of amides is 1. The number of carbonyl (C=O) groups is 1. The second kappa shape index (κ2) is 4.43. The van der Waals surface area contributed by atoms with E-state index in [9.17, 15) is 19.3 Å². The molecule has 6 nitrogen and oxygen atoms in total. The third-order valence-corrected chi connectivity index (χ3v) is 4.21. The number of hydrogen-bond donors (Lipinski definition) is 1. The lowest BCUT2D eigenvalue weighted by Crippen LogP contribution is -2.38. The number of nitrogens with zero attached hydrogens (tertiary/aromatic N) is 2. The molecule has 1 aliphatic carbocycles. The van der Waals surface area contributed by atoms with Gasteiger partial charge in [0.25, 0.3) is 11.6 Å². The first-order chi connectivity index (χ1) is 9.47. The van der Waals surface area contributed by atoms with Gasteiger partial charge in [-0.25, -0.2) is 4.39 Å². The number of hydrogen-bond acceptors (Lipinski definition) is 4. The van der Waals surface area contributed by atoms with Crippen molar-refractivity contribution in [1.82, 2.24) is 4.90 Å². The summed E-state index contributed by atoms with van der Waals surface area (Å²) in [6, 6.07) is 1.94. The van der Waals surface area contributed by atoms with Crippen LogP contribution in [0.3, 0.4) is 0 Å². The van der Waals surface area contributed by atoms with Gasteiger partial charge in [-0.15, -0.1) is 0 Å². The molecule has 2 N–H and O–H groups in total. The van der Waals surface area contributed by atoms with E-state index >= 15 is 0 Å². The van der Waals surface area contributed by atoms with Crippen LogP contribution in [0, 0.1) is 21.8 Å². The molecule has 3 rings (SSSR count). The second-order valence-electron chi connectivity index (χ2n) is 5.44. The fourth-order valence-corrected chi connectivity index (χ4v) is 3.23. The topological polar surface area (TPSA) is 89.5 Å². The Kier molecular flexibility index (Phi) is 2.84. The predicted molar refractivity (Wildman–Crippen MR) is 69.6 cm³/mol. The fraction of sp³-hybridized carbons (Fsp3) is 0.462. The number of fused-ring (bicyclic) bond motifs is 2. The third kappa shape index (κ3) is 1.90. The van der Waals surface area contributed by atoms with Gasteiger partial charge >= 0.3 is 0 Å². The van der Waals surface area contributed by atoms with Crippen LogP contribution in [0.2, 0.25) is 0 Å². The minimum absolute atomic E-state index is 0.124. The molecule has 0 radical (unpaired) electrons. The number of nitro benzene ring substituents is 1. The van der Waals surface area contributed by atoms with E-state index < -0.39 is 22.3 Å². The summed E-state index contributed by atoms with van der Waals surface area (Å²) in [6.45, 7) is 0.623. The number of nitro groups is 1. The Morgan fingerprint density at radius 2 is 2.20 bits per heavy atom. The van der Waals surface area contributed by atoms with Gasteiger partial charge in [-0.1, -0.05) is 0 Å². The molecular weight excluding hydrogens is 265 g/mol. The molecule has 1 amide bonds. The number of nitrogens with two attached hydrogens (primary N) is 1. The van der Waals surface area contributed by atoms with Crippen LogP contribution in [0.15, 0.2) is 12.1 Å². The largest absolute Gasteiger partial charge is 0.396 e. The molecule has 2 bridgehead atoms. The van der Waals surface area contributed by atoms with E-state index in [4.69, 9.17) is 5.73 Å². The van der Waals surface area contributed by atoms with E-state index in [1.165, 1.54) is 0 Å². The van der Waals surface area contributed by atoms with E-state index in [-0.39, 0.29) is 17.3 Å². The Balaban J connectivity index is 1.99. The van der Waals surface area contributed by atoms with Gasteiger partial charge < -0.3 is 10.6 Å². The van der Waals surface area contributed by atoms with Gasteiger partial charge in [0.15, 0.2) is 5.82 Å². The van der Waals surface area contributed by atoms with Crippen LogP contribution in [-0.2, 0) is 0 Å². The fourth-order valence-electron chi connectivity index (χ4n) is 3.23. The van der Waals surface area contributed by atoms with Gasteiger partial charge in [-0.05, 0) is 31.2 Å². The van der Waals surface area contributed by atoms with E-state index in [0.29, 0.717) is 12.5 Å². The zero-order valence-electron chi connectivity index (χ0n) is 10.7. The third-order valence-electron chi connectivity index (χ3n) is 4.21. The van der Waals surface area contributed by atoms with Crippen molar-refractivity contribution in [3.05, 3.63) is 33.6 Å². The molecule has 7 heteroatoms. The SMILES string of the molecule is Nc1cc(C(=O)N2CC3CCC2C3)c([N+](=O)[O-])cc1F. The van der Waals surface area contributed by atoms with Crippen molar-refractivity contribution in [2.75, 3.05) is 12.3 Å². The summed E-state index contributed by atoms with van der Waals surface area (Å²) in [6.07, 6.45) is 2.99. The number of anilines is 1. The Hall–Kier alpha value is -2.18. The van der Waals surface area contributed by atoms with E-state index in [2.05, 4.69) is 0 Å². The predicted octanol–water partition coefficient (Wildman–Crippen LogP) is 1.94. The van der Waals surface area contributed by atoms with E-state index in [1.807, 2.05) is 0 Å². The van der Waals surface area contributed by atoms with Crippen LogP contribution in [0.4, 0.5) is 15.8 Å². The number of halogens is 1. The monoisotopic (exact) mass is 279 g/mol. The average Bonchev–Trinajstić information content (AvgIpc) is 3.02. The first-order valence-electron chi connectivity index (χ1n) is 6.51. The second-order valence-corrected chi connectivity index (χ2v) is 5.44. The van der Waals surface area contributed by atoms with Crippen molar-refractivity contribution in [2.45, 2.75) is 25.3 Å². The summed E-state index contributed by atoms with van der Waals surface area (Å²) < 4.78 is 13.4. The summed E-state index contributed by atoms with van der Waals surface area (Å²) in [5, 5.41) is 11.0. The number of benzene rings is 1.